The maximum atomic E-state index is 14.1. The van der Waals surface area contributed by atoms with Gasteiger partial charge in [-0.05, 0) is 77.3 Å². The molecule has 1 rings (SSSR count). The van der Waals surface area contributed by atoms with Crippen LogP contribution in [0.4, 0.5) is 4.79 Å². The SMILES string of the molecule is CCCC(C)NC(=O)C(c1ccc(CC)cc1)N(C(=O)C(CS)NC(=O)OC(C)(C)C)C(C)CCC(C)C. The van der Waals surface area contributed by atoms with Gasteiger partial charge in [0.25, 0.3) is 0 Å². The first-order valence-corrected chi connectivity index (χ1v) is 14.7. The van der Waals surface area contributed by atoms with Crippen LogP contribution >= 0.6 is 12.6 Å². The molecule has 7 nitrogen and oxygen atoms in total. The Morgan fingerprint density at radius 1 is 0.947 bits per heavy atom. The standard InChI is InChI=1S/C30H51N3O4S/c1-10-12-21(5)31-27(34)26(24-17-15-23(11-2)16-18-24)33(22(6)14-13-20(3)4)28(35)25(19-38)32-29(36)37-30(7,8)9/h15-18,20-22,25-26,38H,10-14,19H2,1-9H3,(H,31,34)(H,32,36). The van der Waals surface area contributed by atoms with Crippen molar-refractivity contribution in [3.05, 3.63) is 35.4 Å². The van der Waals surface area contributed by atoms with E-state index in [1.807, 2.05) is 38.1 Å². The number of rotatable bonds is 14. The van der Waals surface area contributed by atoms with Gasteiger partial charge in [-0.15, -0.1) is 0 Å². The van der Waals surface area contributed by atoms with Crippen LogP contribution in [-0.4, -0.2) is 52.3 Å². The van der Waals surface area contributed by atoms with Crippen LogP contribution in [0, 0.1) is 5.92 Å². The monoisotopic (exact) mass is 549 g/mol. The maximum absolute atomic E-state index is 14.1. The third-order valence-electron chi connectivity index (χ3n) is 6.40. The number of benzene rings is 1. The van der Waals surface area contributed by atoms with E-state index < -0.39 is 23.8 Å². The number of ether oxygens (including phenoxy) is 1. The van der Waals surface area contributed by atoms with Crippen LogP contribution in [0.5, 0.6) is 0 Å². The van der Waals surface area contributed by atoms with Crippen LogP contribution in [0.25, 0.3) is 0 Å². The molecule has 4 atom stereocenters. The summed E-state index contributed by atoms with van der Waals surface area (Å²) in [7, 11) is 0. The first-order valence-electron chi connectivity index (χ1n) is 14.1. The highest BCUT2D eigenvalue weighted by Crippen LogP contribution is 2.28. The average Bonchev–Trinajstić information content (AvgIpc) is 2.82. The van der Waals surface area contributed by atoms with Gasteiger partial charge in [0.1, 0.15) is 17.7 Å². The van der Waals surface area contributed by atoms with Gasteiger partial charge in [0.15, 0.2) is 0 Å². The number of thiol groups is 1. The largest absolute Gasteiger partial charge is 0.444 e. The first kappa shape index (κ1) is 33.8. The Kier molecular flexibility index (Phi) is 14.2. The molecular formula is C30H51N3O4S. The van der Waals surface area contributed by atoms with Crippen molar-refractivity contribution in [3.63, 3.8) is 0 Å². The van der Waals surface area contributed by atoms with E-state index in [1.54, 1.807) is 25.7 Å². The number of amides is 3. The molecule has 0 saturated carbocycles. The molecule has 0 heterocycles. The molecule has 0 aromatic heterocycles. The van der Waals surface area contributed by atoms with Gasteiger partial charge in [-0.25, -0.2) is 4.79 Å². The van der Waals surface area contributed by atoms with Crippen molar-refractivity contribution in [2.75, 3.05) is 5.75 Å². The predicted molar refractivity (Wildman–Crippen MR) is 158 cm³/mol. The van der Waals surface area contributed by atoms with E-state index in [9.17, 15) is 14.4 Å². The Hall–Kier alpha value is -2.22. The molecule has 0 bridgehead atoms. The predicted octanol–water partition coefficient (Wildman–Crippen LogP) is 6.07. The molecule has 216 valence electrons. The zero-order chi connectivity index (χ0) is 29.0. The maximum Gasteiger partial charge on any atom is 0.408 e. The summed E-state index contributed by atoms with van der Waals surface area (Å²) in [5.41, 5.74) is 1.18. The summed E-state index contributed by atoms with van der Waals surface area (Å²) < 4.78 is 5.40. The van der Waals surface area contributed by atoms with Gasteiger partial charge in [0.2, 0.25) is 11.8 Å². The molecule has 0 fully saturated rings. The smallest absolute Gasteiger partial charge is 0.408 e. The molecule has 8 heteroatoms. The molecule has 1 aromatic carbocycles. The van der Waals surface area contributed by atoms with Gasteiger partial charge < -0.3 is 20.3 Å². The molecule has 0 spiro atoms. The van der Waals surface area contributed by atoms with Crippen LogP contribution in [0.1, 0.15) is 105 Å². The minimum absolute atomic E-state index is 0.0339. The lowest BCUT2D eigenvalue weighted by Crippen LogP contribution is -2.56. The van der Waals surface area contributed by atoms with Crippen molar-refractivity contribution < 1.29 is 19.1 Å². The second-order valence-corrected chi connectivity index (χ2v) is 12.0. The zero-order valence-electron chi connectivity index (χ0n) is 25.0. The average molecular weight is 550 g/mol. The molecule has 0 saturated heterocycles. The fourth-order valence-electron chi connectivity index (χ4n) is 4.33. The quantitative estimate of drug-likeness (QED) is 0.246. The topological polar surface area (TPSA) is 87.7 Å². The van der Waals surface area contributed by atoms with Crippen LogP contribution in [-0.2, 0) is 20.7 Å². The molecule has 4 unspecified atom stereocenters. The highest BCUT2D eigenvalue weighted by Gasteiger charge is 2.38. The Morgan fingerprint density at radius 3 is 2.03 bits per heavy atom. The summed E-state index contributed by atoms with van der Waals surface area (Å²) in [5.74, 6) is -0.0725. The van der Waals surface area contributed by atoms with E-state index in [1.165, 1.54) is 0 Å². The molecule has 1 aromatic rings. The van der Waals surface area contributed by atoms with Crippen molar-refractivity contribution in [2.45, 2.75) is 124 Å². The third kappa shape index (κ3) is 11.3. The number of carbonyl (C=O) groups excluding carboxylic acids is 3. The van der Waals surface area contributed by atoms with E-state index in [4.69, 9.17) is 4.74 Å². The van der Waals surface area contributed by atoms with E-state index >= 15 is 0 Å². The number of alkyl carbamates (subject to hydrolysis) is 1. The summed E-state index contributed by atoms with van der Waals surface area (Å²) >= 11 is 4.39. The molecule has 0 aliphatic carbocycles. The van der Waals surface area contributed by atoms with E-state index in [-0.39, 0.29) is 29.7 Å². The molecule has 0 aliphatic heterocycles. The van der Waals surface area contributed by atoms with Crippen LogP contribution < -0.4 is 10.6 Å². The molecule has 0 radical (unpaired) electrons. The second-order valence-electron chi connectivity index (χ2n) is 11.6. The fourth-order valence-corrected chi connectivity index (χ4v) is 4.58. The summed E-state index contributed by atoms with van der Waals surface area (Å²) in [6, 6.07) is 5.78. The Balaban J connectivity index is 3.54. The van der Waals surface area contributed by atoms with Gasteiger partial charge in [-0.2, -0.15) is 12.6 Å². The zero-order valence-corrected chi connectivity index (χ0v) is 25.9. The van der Waals surface area contributed by atoms with Crippen molar-refractivity contribution >= 4 is 30.5 Å². The summed E-state index contributed by atoms with van der Waals surface area (Å²) in [6.07, 6.45) is 3.57. The molecule has 2 N–H and O–H groups in total. The van der Waals surface area contributed by atoms with E-state index in [0.717, 1.165) is 43.2 Å². The lowest BCUT2D eigenvalue weighted by molar-refractivity contribution is -0.145. The number of hydrogen-bond donors (Lipinski definition) is 3. The van der Waals surface area contributed by atoms with Gasteiger partial charge >= 0.3 is 6.09 Å². The minimum atomic E-state index is -0.951. The van der Waals surface area contributed by atoms with Gasteiger partial charge in [0.05, 0.1) is 0 Å². The minimum Gasteiger partial charge on any atom is -0.444 e. The number of aryl methyl sites for hydroxylation is 1. The molecule has 38 heavy (non-hydrogen) atoms. The van der Waals surface area contributed by atoms with Crippen molar-refractivity contribution in [1.29, 1.82) is 0 Å². The first-order chi connectivity index (χ1) is 17.7. The number of hydrogen-bond acceptors (Lipinski definition) is 5. The fraction of sp³-hybridized carbons (Fsp3) is 0.700. The molecule has 3 amide bonds. The Labute approximate surface area is 236 Å². The Morgan fingerprint density at radius 2 is 1.55 bits per heavy atom. The summed E-state index contributed by atoms with van der Waals surface area (Å²) in [5, 5.41) is 5.82. The normalized spacial score (nSPS) is 14.8. The number of carbonyl (C=O) groups is 3. The van der Waals surface area contributed by atoms with E-state index in [2.05, 4.69) is 51.0 Å². The highest BCUT2D eigenvalue weighted by molar-refractivity contribution is 7.80. The molecule has 0 aliphatic rings. The number of nitrogens with zero attached hydrogens (tertiary/aromatic N) is 1. The van der Waals surface area contributed by atoms with Crippen LogP contribution in [0.15, 0.2) is 24.3 Å². The van der Waals surface area contributed by atoms with Crippen molar-refractivity contribution in [1.82, 2.24) is 15.5 Å². The Bertz CT molecular complexity index is 882. The highest BCUT2D eigenvalue weighted by atomic mass is 32.1. The van der Waals surface area contributed by atoms with Crippen molar-refractivity contribution in [3.8, 4) is 0 Å². The lowest BCUT2D eigenvalue weighted by Gasteiger charge is -2.39. The second kappa shape index (κ2) is 16.0. The van der Waals surface area contributed by atoms with Crippen molar-refractivity contribution in [2.24, 2.45) is 5.92 Å². The van der Waals surface area contributed by atoms with Gasteiger partial charge in [-0.1, -0.05) is 58.4 Å². The summed E-state index contributed by atoms with van der Waals surface area (Å²) in [4.78, 5) is 42.2. The molecular weight excluding hydrogens is 498 g/mol. The lowest BCUT2D eigenvalue weighted by atomic mass is 9.96. The van der Waals surface area contributed by atoms with Crippen LogP contribution in [0.2, 0.25) is 0 Å². The summed E-state index contributed by atoms with van der Waals surface area (Å²) in [6.45, 7) is 17.7. The van der Waals surface area contributed by atoms with Gasteiger partial charge in [-0.3, -0.25) is 9.59 Å². The number of nitrogens with one attached hydrogen (secondary N) is 2. The third-order valence-corrected chi connectivity index (χ3v) is 6.77. The van der Waals surface area contributed by atoms with E-state index in [0.29, 0.717) is 5.92 Å². The van der Waals surface area contributed by atoms with Gasteiger partial charge in [0, 0.05) is 17.8 Å². The van der Waals surface area contributed by atoms with Crippen LogP contribution in [0.3, 0.4) is 0 Å².